The molecule has 0 aliphatic heterocycles. The highest BCUT2D eigenvalue weighted by Gasteiger charge is 2.31. The smallest absolute Gasteiger partial charge is 0.481 e. The second-order valence-corrected chi connectivity index (χ2v) is 5.69. The van der Waals surface area contributed by atoms with Crippen LogP contribution in [0.15, 0.2) is 53.0 Å². The molecule has 0 aliphatic rings. The maximum Gasteiger partial charge on any atom is 0.573 e. The van der Waals surface area contributed by atoms with Crippen LogP contribution in [0, 0.1) is 0 Å². The van der Waals surface area contributed by atoms with Gasteiger partial charge in [0.2, 0.25) is 0 Å². The van der Waals surface area contributed by atoms with Crippen molar-refractivity contribution in [3.63, 3.8) is 0 Å². The molecule has 0 spiro atoms. The van der Waals surface area contributed by atoms with Crippen molar-refractivity contribution in [2.45, 2.75) is 19.4 Å². The Morgan fingerprint density at radius 2 is 1.58 bits per heavy atom. The van der Waals surface area contributed by atoms with Crippen LogP contribution in [-0.2, 0) is 4.79 Å². The standard InChI is InChI=1S/C16H13BrF3NO3/c1-10(23-13-6-2-11(17)3-7-13)15(22)21-12-4-8-14(9-5-12)24-16(18,19)20/h2-10H,1H3,(H,21,22). The lowest BCUT2D eigenvalue weighted by molar-refractivity contribution is -0.274. The quantitative estimate of drug-likeness (QED) is 0.783. The fourth-order valence-corrected chi connectivity index (χ4v) is 2.02. The van der Waals surface area contributed by atoms with Crippen molar-refractivity contribution >= 4 is 27.5 Å². The molecule has 2 aromatic rings. The molecule has 8 heteroatoms. The van der Waals surface area contributed by atoms with E-state index in [0.29, 0.717) is 11.4 Å². The number of amides is 1. The Labute approximate surface area is 144 Å². The topological polar surface area (TPSA) is 47.6 Å². The predicted molar refractivity (Wildman–Crippen MR) is 86.0 cm³/mol. The SMILES string of the molecule is CC(Oc1ccc(Br)cc1)C(=O)Nc1ccc(OC(F)(F)F)cc1. The van der Waals surface area contributed by atoms with Crippen molar-refractivity contribution in [2.24, 2.45) is 0 Å². The van der Waals surface area contributed by atoms with E-state index in [1.54, 1.807) is 31.2 Å². The summed E-state index contributed by atoms with van der Waals surface area (Å²) in [6.45, 7) is 1.57. The number of halogens is 4. The Morgan fingerprint density at radius 1 is 1.04 bits per heavy atom. The van der Waals surface area contributed by atoms with E-state index in [2.05, 4.69) is 26.0 Å². The second-order valence-electron chi connectivity index (χ2n) is 4.78. The van der Waals surface area contributed by atoms with E-state index in [4.69, 9.17) is 4.74 Å². The zero-order valence-corrected chi connectivity index (χ0v) is 14.0. The summed E-state index contributed by atoms with van der Waals surface area (Å²) in [7, 11) is 0. The molecule has 24 heavy (non-hydrogen) atoms. The first-order valence-corrected chi connectivity index (χ1v) is 7.61. The number of hydrogen-bond donors (Lipinski definition) is 1. The molecular weight excluding hydrogens is 391 g/mol. The van der Waals surface area contributed by atoms with E-state index in [-0.39, 0.29) is 5.75 Å². The summed E-state index contributed by atoms with van der Waals surface area (Å²) in [5, 5.41) is 2.55. The normalized spacial score (nSPS) is 12.4. The molecule has 128 valence electrons. The highest BCUT2D eigenvalue weighted by molar-refractivity contribution is 9.10. The Bertz CT molecular complexity index is 687. The van der Waals surface area contributed by atoms with Gasteiger partial charge in [0.1, 0.15) is 11.5 Å². The number of benzene rings is 2. The second kappa shape index (κ2) is 7.57. The van der Waals surface area contributed by atoms with Gasteiger partial charge in [-0.25, -0.2) is 0 Å². The van der Waals surface area contributed by atoms with Gasteiger partial charge in [0.05, 0.1) is 0 Å². The first-order chi connectivity index (χ1) is 11.2. The summed E-state index contributed by atoms with van der Waals surface area (Å²) < 4.78 is 46.4. The van der Waals surface area contributed by atoms with Crippen LogP contribution in [-0.4, -0.2) is 18.4 Å². The van der Waals surface area contributed by atoms with Gasteiger partial charge in [-0.15, -0.1) is 13.2 Å². The maximum atomic E-state index is 12.1. The van der Waals surface area contributed by atoms with Crippen LogP contribution in [0.1, 0.15) is 6.92 Å². The first-order valence-electron chi connectivity index (χ1n) is 6.82. The van der Waals surface area contributed by atoms with E-state index in [1.807, 2.05) is 0 Å². The highest BCUT2D eigenvalue weighted by atomic mass is 79.9. The zero-order chi connectivity index (χ0) is 17.7. The molecule has 1 N–H and O–H groups in total. The summed E-state index contributed by atoms with van der Waals surface area (Å²) in [6, 6.07) is 11.8. The van der Waals surface area contributed by atoms with E-state index < -0.39 is 18.4 Å². The number of rotatable bonds is 5. The third kappa shape index (κ3) is 5.77. The molecule has 4 nitrogen and oxygen atoms in total. The average molecular weight is 404 g/mol. The zero-order valence-electron chi connectivity index (χ0n) is 12.4. The van der Waals surface area contributed by atoms with Gasteiger partial charge in [-0.2, -0.15) is 0 Å². The van der Waals surface area contributed by atoms with Crippen molar-refractivity contribution in [1.82, 2.24) is 0 Å². The minimum atomic E-state index is -4.75. The van der Waals surface area contributed by atoms with Crippen LogP contribution in [0.25, 0.3) is 0 Å². The van der Waals surface area contributed by atoms with E-state index in [9.17, 15) is 18.0 Å². The minimum Gasteiger partial charge on any atom is -0.481 e. The maximum absolute atomic E-state index is 12.1. The minimum absolute atomic E-state index is 0.334. The molecule has 0 saturated carbocycles. The van der Waals surface area contributed by atoms with E-state index >= 15 is 0 Å². The Kier molecular flexibility index (Phi) is 5.71. The van der Waals surface area contributed by atoms with Gasteiger partial charge in [0.25, 0.3) is 5.91 Å². The molecule has 0 bridgehead atoms. The van der Waals surface area contributed by atoms with Gasteiger partial charge < -0.3 is 14.8 Å². The fraction of sp³-hybridized carbons (Fsp3) is 0.188. The Hall–Kier alpha value is -2.22. The number of alkyl halides is 3. The lowest BCUT2D eigenvalue weighted by atomic mass is 10.2. The molecule has 1 atom stereocenters. The lowest BCUT2D eigenvalue weighted by Crippen LogP contribution is -2.30. The van der Waals surface area contributed by atoms with Crippen LogP contribution in [0.4, 0.5) is 18.9 Å². The number of carbonyl (C=O) groups is 1. The van der Waals surface area contributed by atoms with Gasteiger partial charge in [-0.3, -0.25) is 4.79 Å². The van der Waals surface area contributed by atoms with Crippen molar-refractivity contribution in [1.29, 1.82) is 0 Å². The number of hydrogen-bond acceptors (Lipinski definition) is 3. The molecular formula is C16H13BrF3NO3. The first kappa shape index (κ1) is 18.1. The number of nitrogens with one attached hydrogen (secondary N) is 1. The lowest BCUT2D eigenvalue weighted by Gasteiger charge is -2.15. The van der Waals surface area contributed by atoms with Gasteiger partial charge >= 0.3 is 6.36 Å². The monoisotopic (exact) mass is 403 g/mol. The molecule has 0 radical (unpaired) electrons. The highest BCUT2D eigenvalue weighted by Crippen LogP contribution is 2.24. The molecule has 1 amide bonds. The van der Waals surface area contributed by atoms with Crippen LogP contribution < -0.4 is 14.8 Å². The van der Waals surface area contributed by atoms with Gasteiger partial charge in [-0.1, -0.05) is 15.9 Å². The Balaban J connectivity index is 1.92. The van der Waals surface area contributed by atoms with Crippen molar-refractivity contribution in [3.8, 4) is 11.5 Å². The molecule has 0 aromatic heterocycles. The summed E-state index contributed by atoms with van der Waals surface area (Å²) in [5.74, 6) is -0.267. The van der Waals surface area contributed by atoms with E-state index in [0.717, 1.165) is 16.6 Å². The molecule has 0 fully saturated rings. The molecule has 2 aromatic carbocycles. The van der Waals surface area contributed by atoms with Gasteiger partial charge in [0, 0.05) is 10.2 Å². The van der Waals surface area contributed by atoms with E-state index in [1.165, 1.54) is 12.1 Å². The van der Waals surface area contributed by atoms with Crippen molar-refractivity contribution in [3.05, 3.63) is 53.0 Å². The predicted octanol–water partition coefficient (Wildman–Crippen LogP) is 4.75. The Morgan fingerprint density at radius 3 is 2.12 bits per heavy atom. The van der Waals surface area contributed by atoms with Gasteiger partial charge in [-0.05, 0) is 55.5 Å². The van der Waals surface area contributed by atoms with Gasteiger partial charge in [0.15, 0.2) is 6.10 Å². The fourth-order valence-electron chi connectivity index (χ4n) is 1.75. The molecule has 1 unspecified atom stereocenters. The van der Waals surface area contributed by atoms with Crippen LogP contribution >= 0.6 is 15.9 Å². The average Bonchev–Trinajstić information content (AvgIpc) is 2.50. The third-order valence-electron chi connectivity index (χ3n) is 2.85. The van der Waals surface area contributed by atoms with Crippen LogP contribution in [0.3, 0.4) is 0 Å². The number of anilines is 1. The van der Waals surface area contributed by atoms with Crippen molar-refractivity contribution in [2.75, 3.05) is 5.32 Å². The summed E-state index contributed by atoms with van der Waals surface area (Å²) >= 11 is 3.29. The molecule has 0 heterocycles. The van der Waals surface area contributed by atoms with Crippen molar-refractivity contribution < 1.29 is 27.4 Å². The summed E-state index contributed by atoms with van der Waals surface area (Å²) in [5.41, 5.74) is 0.334. The summed E-state index contributed by atoms with van der Waals surface area (Å²) in [4.78, 5) is 12.0. The third-order valence-corrected chi connectivity index (χ3v) is 3.38. The molecule has 0 saturated heterocycles. The number of carbonyl (C=O) groups excluding carboxylic acids is 1. The van der Waals surface area contributed by atoms with Crippen LogP contribution in [0.5, 0.6) is 11.5 Å². The largest absolute Gasteiger partial charge is 0.573 e. The summed E-state index contributed by atoms with van der Waals surface area (Å²) in [6.07, 6.45) is -5.53. The van der Waals surface area contributed by atoms with Crippen LogP contribution in [0.2, 0.25) is 0 Å². The molecule has 2 rings (SSSR count). The molecule has 0 aliphatic carbocycles. The number of ether oxygens (including phenoxy) is 2.